The lowest BCUT2D eigenvalue weighted by molar-refractivity contribution is -0.185. The highest BCUT2D eigenvalue weighted by atomic mass is 19.4. The molecule has 1 rings (SSSR count). The van der Waals surface area contributed by atoms with Crippen LogP contribution in [0.1, 0.15) is 39.0 Å². The minimum absolute atomic E-state index is 0.0515. The van der Waals surface area contributed by atoms with Gasteiger partial charge in [-0.1, -0.05) is 12.8 Å². The molecule has 0 radical (unpaired) electrons. The van der Waals surface area contributed by atoms with Gasteiger partial charge in [-0.15, -0.1) is 6.42 Å². The normalized spacial score (nSPS) is 23.7. The Morgan fingerprint density at radius 3 is 2.32 bits per heavy atom. The Hall–Kier alpha value is -1.18. The maximum absolute atomic E-state index is 12.5. The lowest BCUT2D eigenvalue weighted by atomic mass is 9.81. The molecular formula is C14H20F3NO. The summed E-state index contributed by atoms with van der Waals surface area (Å²) < 4.78 is 37.6. The highest BCUT2D eigenvalue weighted by Crippen LogP contribution is 2.39. The molecule has 0 bridgehead atoms. The second kappa shape index (κ2) is 6.83. The molecule has 0 atom stereocenters. The van der Waals surface area contributed by atoms with E-state index in [1.807, 2.05) is 6.92 Å². The number of amides is 1. The van der Waals surface area contributed by atoms with Crippen LogP contribution < -0.4 is 0 Å². The van der Waals surface area contributed by atoms with Crippen molar-refractivity contribution in [3.8, 4) is 12.3 Å². The summed E-state index contributed by atoms with van der Waals surface area (Å²) in [6, 6.07) is 0. The van der Waals surface area contributed by atoms with E-state index in [2.05, 4.69) is 5.92 Å². The van der Waals surface area contributed by atoms with Gasteiger partial charge in [0.25, 0.3) is 0 Å². The van der Waals surface area contributed by atoms with Crippen molar-refractivity contribution in [2.24, 2.45) is 11.8 Å². The Morgan fingerprint density at radius 2 is 1.89 bits per heavy atom. The molecule has 0 saturated heterocycles. The SMILES string of the molecule is C#CCN(CCC)C(=O)C1CCC(C(F)(F)F)CC1. The fourth-order valence-electron chi connectivity index (χ4n) is 2.57. The molecule has 0 aliphatic heterocycles. The fourth-order valence-corrected chi connectivity index (χ4v) is 2.57. The van der Waals surface area contributed by atoms with Crippen molar-refractivity contribution in [1.82, 2.24) is 4.90 Å². The monoisotopic (exact) mass is 275 g/mol. The molecule has 108 valence electrons. The summed E-state index contributed by atoms with van der Waals surface area (Å²) >= 11 is 0. The van der Waals surface area contributed by atoms with E-state index in [1.54, 1.807) is 4.90 Å². The number of alkyl halides is 3. The predicted molar refractivity (Wildman–Crippen MR) is 67.2 cm³/mol. The Bertz CT molecular complexity index is 338. The summed E-state index contributed by atoms with van der Waals surface area (Å²) in [5, 5.41) is 0. The molecule has 19 heavy (non-hydrogen) atoms. The third kappa shape index (κ3) is 4.45. The zero-order valence-electron chi connectivity index (χ0n) is 11.2. The quantitative estimate of drug-likeness (QED) is 0.721. The Morgan fingerprint density at radius 1 is 1.32 bits per heavy atom. The van der Waals surface area contributed by atoms with Gasteiger partial charge in [-0.3, -0.25) is 4.79 Å². The van der Waals surface area contributed by atoms with Gasteiger partial charge in [0.1, 0.15) is 0 Å². The van der Waals surface area contributed by atoms with Crippen LogP contribution in [0.25, 0.3) is 0 Å². The molecule has 0 unspecified atom stereocenters. The molecule has 1 aliphatic carbocycles. The van der Waals surface area contributed by atoms with E-state index in [1.165, 1.54) is 0 Å². The summed E-state index contributed by atoms with van der Waals surface area (Å²) in [5.41, 5.74) is 0. The van der Waals surface area contributed by atoms with Gasteiger partial charge in [0, 0.05) is 12.5 Å². The van der Waals surface area contributed by atoms with E-state index in [0.29, 0.717) is 19.4 Å². The van der Waals surface area contributed by atoms with Crippen molar-refractivity contribution < 1.29 is 18.0 Å². The first-order valence-corrected chi connectivity index (χ1v) is 6.69. The lowest BCUT2D eigenvalue weighted by Gasteiger charge is -2.32. The molecule has 1 saturated carbocycles. The Labute approximate surface area is 112 Å². The number of terminal acetylenes is 1. The third-order valence-corrected chi connectivity index (χ3v) is 3.63. The number of nitrogens with zero attached hydrogens (tertiary/aromatic N) is 1. The molecule has 1 fully saturated rings. The average molecular weight is 275 g/mol. The van der Waals surface area contributed by atoms with Crippen LogP contribution in [0.4, 0.5) is 13.2 Å². The number of carbonyl (C=O) groups is 1. The molecule has 5 heteroatoms. The molecule has 0 aromatic rings. The van der Waals surface area contributed by atoms with E-state index in [9.17, 15) is 18.0 Å². The topological polar surface area (TPSA) is 20.3 Å². The Kier molecular flexibility index (Phi) is 5.71. The summed E-state index contributed by atoms with van der Waals surface area (Å²) in [6.07, 6.45) is 2.61. The van der Waals surface area contributed by atoms with Crippen molar-refractivity contribution in [3.05, 3.63) is 0 Å². The molecule has 0 spiro atoms. The minimum atomic E-state index is -4.13. The van der Waals surface area contributed by atoms with Gasteiger partial charge in [-0.25, -0.2) is 0 Å². The number of hydrogen-bond acceptors (Lipinski definition) is 1. The van der Waals surface area contributed by atoms with Crippen molar-refractivity contribution >= 4 is 5.91 Å². The zero-order chi connectivity index (χ0) is 14.5. The largest absolute Gasteiger partial charge is 0.391 e. The molecule has 0 heterocycles. The van der Waals surface area contributed by atoms with E-state index >= 15 is 0 Å². The van der Waals surface area contributed by atoms with Crippen molar-refractivity contribution in [2.45, 2.75) is 45.2 Å². The van der Waals surface area contributed by atoms with E-state index in [4.69, 9.17) is 6.42 Å². The van der Waals surface area contributed by atoms with Crippen molar-refractivity contribution in [2.75, 3.05) is 13.1 Å². The van der Waals surface area contributed by atoms with Gasteiger partial charge in [-0.05, 0) is 32.1 Å². The van der Waals surface area contributed by atoms with Crippen LogP contribution in [0.15, 0.2) is 0 Å². The van der Waals surface area contributed by atoms with Gasteiger partial charge in [0.05, 0.1) is 12.5 Å². The highest BCUT2D eigenvalue weighted by molar-refractivity contribution is 5.79. The molecule has 0 aromatic heterocycles. The molecule has 1 amide bonds. The van der Waals surface area contributed by atoms with Crippen LogP contribution in [0.2, 0.25) is 0 Å². The number of halogens is 3. The highest BCUT2D eigenvalue weighted by Gasteiger charge is 2.42. The van der Waals surface area contributed by atoms with Crippen LogP contribution >= 0.6 is 0 Å². The first-order valence-electron chi connectivity index (χ1n) is 6.69. The van der Waals surface area contributed by atoms with Crippen LogP contribution in [0, 0.1) is 24.2 Å². The number of rotatable bonds is 4. The smallest absolute Gasteiger partial charge is 0.331 e. The summed E-state index contributed by atoms with van der Waals surface area (Å²) in [7, 11) is 0. The van der Waals surface area contributed by atoms with E-state index in [-0.39, 0.29) is 31.2 Å². The van der Waals surface area contributed by atoms with Crippen molar-refractivity contribution in [1.29, 1.82) is 0 Å². The van der Waals surface area contributed by atoms with Gasteiger partial charge in [0.15, 0.2) is 0 Å². The molecule has 0 N–H and O–H groups in total. The van der Waals surface area contributed by atoms with E-state index in [0.717, 1.165) is 6.42 Å². The maximum Gasteiger partial charge on any atom is 0.391 e. The lowest BCUT2D eigenvalue weighted by Crippen LogP contribution is -2.39. The summed E-state index contributed by atoms with van der Waals surface area (Å²) in [4.78, 5) is 13.8. The summed E-state index contributed by atoms with van der Waals surface area (Å²) in [6.45, 7) is 2.76. The first-order chi connectivity index (χ1) is 8.90. The molecule has 1 aliphatic rings. The molecular weight excluding hydrogens is 255 g/mol. The second-order valence-electron chi connectivity index (χ2n) is 5.05. The van der Waals surface area contributed by atoms with Crippen LogP contribution in [0.5, 0.6) is 0 Å². The number of hydrogen-bond donors (Lipinski definition) is 0. The molecule has 2 nitrogen and oxygen atoms in total. The standard InChI is InChI=1S/C14H20F3NO/c1-3-9-18(10-4-2)13(19)11-5-7-12(8-6-11)14(15,16)17/h1,11-12H,4-10H2,2H3. The predicted octanol–water partition coefficient (Wildman–Crippen LogP) is 3.23. The second-order valence-corrected chi connectivity index (χ2v) is 5.05. The Balaban J connectivity index is 2.54. The van der Waals surface area contributed by atoms with Crippen LogP contribution in [-0.4, -0.2) is 30.1 Å². The third-order valence-electron chi connectivity index (χ3n) is 3.63. The number of carbonyl (C=O) groups excluding carboxylic acids is 1. The van der Waals surface area contributed by atoms with Crippen LogP contribution in [-0.2, 0) is 4.79 Å². The summed E-state index contributed by atoms with van der Waals surface area (Å²) in [5.74, 6) is 0.808. The fraction of sp³-hybridized carbons (Fsp3) is 0.786. The van der Waals surface area contributed by atoms with Gasteiger partial charge < -0.3 is 4.90 Å². The van der Waals surface area contributed by atoms with Gasteiger partial charge in [-0.2, -0.15) is 13.2 Å². The van der Waals surface area contributed by atoms with E-state index < -0.39 is 12.1 Å². The molecule has 0 aromatic carbocycles. The van der Waals surface area contributed by atoms with Gasteiger partial charge >= 0.3 is 6.18 Å². The van der Waals surface area contributed by atoms with Crippen LogP contribution in [0.3, 0.4) is 0 Å². The zero-order valence-corrected chi connectivity index (χ0v) is 11.2. The average Bonchev–Trinajstić information content (AvgIpc) is 2.37. The first kappa shape index (κ1) is 15.9. The van der Waals surface area contributed by atoms with Crippen molar-refractivity contribution in [3.63, 3.8) is 0 Å². The maximum atomic E-state index is 12.5. The van der Waals surface area contributed by atoms with Gasteiger partial charge in [0.2, 0.25) is 5.91 Å². The minimum Gasteiger partial charge on any atom is -0.331 e.